The van der Waals surface area contributed by atoms with Crippen LogP contribution >= 0.6 is 11.8 Å². The second-order valence-electron chi connectivity index (χ2n) is 6.45. The summed E-state index contributed by atoms with van der Waals surface area (Å²) >= 11 is 1.56. The Morgan fingerprint density at radius 1 is 1.40 bits per heavy atom. The van der Waals surface area contributed by atoms with Gasteiger partial charge in [0.25, 0.3) is 5.56 Å². The molecule has 1 aromatic carbocycles. The molecule has 0 saturated heterocycles. The molecule has 0 spiro atoms. The number of carbonyl (C=O) groups is 1. The van der Waals surface area contributed by atoms with Gasteiger partial charge in [0.1, 0.15) is 0 Å². The van der Waals surface area contributed by atoms with Crippen LogP contribution in [-0.4, -0.2) is 21.2 Å². The van der Waals surface area contributed by atoms with Crippen LogP contribution in [0, 0.1) is 13.8 Å². The molecule has 1 N–H and O–H groups in total. The van der Waals surface area contributed by atoms with Gasteiger partial charge in [0.2, 0.25) is 5.91 Å². The summed E-state index contributed by atoms with van der Waals surface area (Å²) in [7, 11) is 0. The van der Waals surface area contributed by atoms with E-state index in [2.05, 4.69) is 17.2 Å². The van der Waals surface area contributed by atoms with Gasteiger partial charge < -0.3 is 5.32 Å². The summed E-state index contributed by atoms with van der Waals surface area (Å²) in [5.74, 6) is 0.634. The Balaban J connectivity index is 1.74. The Bertz CT molecular complexity index is 860. The second kappa shape index (κ2) is 7.44. The number of carbonyl (C=O) groups excluding carboxylic acids is 1. The fourth-order valence-electron chi connectivity index (χ4n) is 3.03. The van der Waals surface area contributed by atoms with E-state index in [-0.39, 0.29) is 23.9 Å². The molecule has 0 fully saturated rings. The number of aromatic nitrogens is 2. The number of hydrogen-bond donors (Lipinski definition) is 1. The van der Waals surface area contributed by atoms with Gasteiger partial charge in [0.05, 0.1) is 6.04 Å². The van der Waals surface area contributed by atoms with Gasteiger partial charge in [0.15, 0.2) is 5.16 Å². The number of nitrogens with one attached hydrogen (secondary N) is 1. The first-order valence-electron chi connectivity index (χ1n) is 8.61. The summed E-state index contributed by atoms with van der Waals surface area (Å²) < 4.78 is 1.67. The van der Waals surface area contributed by atoms with E-state index >= 15 is 0 Å². The fraction of sp³-hybridized carbons (Fsp3) is 0.421. The standard InChI is InChI=1S/C19H23N3O2S/c1-4-6-14-9-18(24)22-15(11-25-19(22)20-14)10-17(23)21-16-8-5-7-12(2)13(16)3/h5,7-9,15H,4,6,10-11H2,1-3H3,(H,21,23). The first-order valence-corrected chi connectivity index (χ1v) is 9.59. The molecule has 1 atom stereocenters. The summed E-state index contributed by atoms with van der Waals surface area (Å²) in [5, 5.41) is 3.71. The minimum Gasteiger partial charge on any atom is -0.326 e. The number of amides is 1. The number of hydrogen-bond acceptors (Lipinski definition) is 4. The zero-order chi connectivity index (χ0) is 18.0. The van der Waals surface area contributed by atoms with E-state index in [4.69, 9.17) is 0 Å². The number of rotatable bonds is 5. The number of anilines is 1. The van der Waals surface area contributed by atoms with Crippen molar-refractivity contribution < 1.29 is 4.79 Å². The van der Waals surface area contributed by atoms with Crippen molar-refractivity contribution in [1.29, 1.82) is 0 Å². The van der Waals surface area contributed by atoms with Crippen molar-refractivity contribution in [2.75, 3.05) is 11.1 Å². The smallest absolute Gasteiger partial charge is 0.254 e. The Hall–Kier alpha value is -2.08. The topological polar surface area (TPSA) is 64.0 Å². The third-order valence-corrected chi connectivity index (χ3v) is 5.65. The SMILES string of the molecule is CCCc1cc(=O)n2c(n1)SCC2CC(=O)Nc1cccc(C)c1C. The van der Waals surface area contributed by atoms with Crippen molar-refractivity contribution in [3.63, 3.8) is 0 Å². The molecule has 1 aromatic heterocycles. The minimum atomic E-state index is -0.138. The first-order chi connectivity index (χ1) is 12.0. The molecule has 1 unspecified atom stereocenters. The predicted molar refractivity (Wildman–Crippen MR) is 101 cm³/mol. The van der Waals surface area contributed by atoms with Crippen molar-refractivity contribution in [3.8, 4) is 0 Å². The zero-order valence-electron chi connectivity index (χ0n) is 14.8. The van der Waals surface area contributed by atoms with Gasteiger partial charge in [-0.05, 0) is 37.5 Å². The maximum Gasteiger partial charge on any atom is 0.254 e. The van der Waals surface area contributed by atoms with Crippen molar-refractivity contribution in [2.24, 2.45) is 0 Å². The highest BCUT2D eigenvalue weighted by Crippen LogP contribution is 2.32. The molecule has 1 amide bonds. The van der Waals surface area contributed by atoms with Gasteiger partial charge in [-0.2, -0.15) is 0 Å². The van der Waals surface area contributed by atoms with E-state index in [0.29, 0.717) is 5.75 Å². The predicted octanol–water partition coefficient (Wildman–Crippen LogP) is 3.49. The van der Waals surface area contributed by atoms with Crippen LogP contribution in [0.1, 0.15) is 42.6 Å². The van der Waals surface area contributed by atoms with E-state index in [1.807, 2.05) is 32.0 Å². The molecule has 5 nitrogen and oxygen atoms in total. The Kier molecular flexibility index (Phi) is 5.27. The van der Waals surface area contributed by atoms with E-state index < -0.39 is 0 Å². The van der Waals surface area contributed by atoms with E-state index in [1.165, 1.54) is 0 Å². The lowest BCUT2D eigenvalue weighted by atomic mass is 10.1. The third kappa shape index (κ3) is 3.79. The molecule has 2 aromatic rings. The summed E-state index contributed by atoms with van der Waals surface area (Å²) in [5.41, 5.74) is 3.83. The number of benzene rings is 1. The van der Waals surface area contributed by atoms with Crippen molar-refractivity contribution >= 4 is 23.4 Å². The van der Waals surface area contributed by atoms with Crippen LogP contribution in [-0.2, 0) is 11.2 Å². The van der Waals surface area contributed by atoms with Gasteiger partial charge in [-0.25, -0.2) is 4.98 Å². The second-order valence-corrected chi connectivity index (χ2v) is 7.44. The highest BCUT2D eigenvalue weighted by Gasteiger charge is 2.27. The van der Waals surface area contributed by atoms with Gasteiger partial charge >= 0.3 is 0 Å². The molecule has 25 heavy (non-hydrogen) atoms. The fourth-order valence-corrected chi connectivity index (χ4v) is 4.20. The van der Waals surface area contributed by atoms with Crippen LogP contribution in [0.5, 0.6) is 0 Å². The van der Waals surface area contributed by atoms with Crippen LogP contribution in [0.25, 0.3) is 0 Å². The number of fused-ring (bicyclic) bond motifs is 1. The van der Waals surface area contributed by atoms with Crippen molar-refractivity contribution in [2.45, 2.75) is 51.2 Å². The van der Waals surface area contributed by atoms with Gasteiger partial charge in [0, 0.05) is 29.6 Å². The highest BCUT2D eigenvalue weighted by atomic mass is 32.2. The molecule has 6 heteroatoms. The molecule has 132 valence electrons. The largest absolute Gasteiger partial charge is 0.326 e. The lowest BCUT2D eigenvalue weighted by molar-refractivity contribution is -0.116. The normalized spacial score (nSPS) is 15.9. The molecule has 0 saturated carbocycles. The molecule has 0 bridgehead atoms. The number of aryl methyl sites for hydroxylation is 2. The van der Waals surface area contributed by atoms with Gasteiger partial charge in [-0.1, -0.05) is 37.2 Å². The van der Waals surface area contributed by atoms with Crippen LogP contribution in [0.15, 0.2) is 34.2 Å². The maximum absolute atomic E-state index is 12.5. The molecule has 1 aliphatic heterocycles. The third-order valence-electron chi connectivity index (χ3n) is 4.55. The van der Waals surface area contributed by atoms with E-state index in [0.717, 1.165) is 40.5 Å². The molecule has 3 rings (SSSR count). The molecule has 1 aliphatic rings. The lowest BCUT2D eigenvalue weighted by Gasteiger charge is -2.15. The molecular weight excluding hydrogens is 334 g/mol. The summed E-state index contributed by atoms with van der Waals surface area (Å²) in [6.45, 7) is 6.09. The molecule has 2 heterocycles. The highest BCUT2D eigenvalue weighted by molar-refractivity contribution is 7.99. The van der Waals surface area contributed by atoms with Crippen molar-refractivity contribution in [3.05, 3.63) is 51.4 Å². The quantitative estimate of drug-likeness (QED) is 0.832. The van der Waals surface area contributed by atoms with Crippen LogP contribution in [0.2, 0.25) is 0 Å². The van der Waals surface area contributed by atoms with E-state index in [1.54, 1.807) is 22.4 Å². The van der Waals surface area contributed by atoms with Gasteiger partial charge in [-0.3, -0.25) is 14.2 Å². The number of nitrogens with zero attached hydrogens (tertiary/aromatic N) is 2. The lowest BCUT2D eigenvalue weighted by Crippen LogP contribution is -2.28. The van der Waals surface area contributed by atoms with Crippen LogP contribution in [0.4, 0.5) is 5.69 Å². The minimum absolute atomic E-state index is 0.0528. The average molecular weight is 357 g/mol. The van der Waals surface area contributed by atoms with Crippen LogP contribution < -0.4 is 10.9 Å². The molecular formula is C19H23N3O2S. The summed E-state index contributed by atoms with van der Waals surface area (Å²) in [4.78, 5) is 29.5. The molecule has 0 radical (unpaired) electrons. The van der Waals surface area contributed by atoms with Crippen molar-refractivity contribution in [1.82, 2.24) is 9.55 Å². The van der Waals surface area contributed by atoms with Crippen LogP contribution in [0.3, 0.4) is 0 Å². The summed E-state index contributed by atoms with van der Waals surface area (Å²) in [6.07, 6.45) is 2.05. The first kappa shape index (κ1) is 17.7. The number of thioether (sulfide) groups is 1. The van der Waals surface area contributed by atoms with Gasteiger partial charge in [-0.15, -0.1) is 0 Å². The average Bonchev–Trinajstić information content (AvgIpc) is 2.95. The summed E-state index contributed by atoms with van der Waals surface area (Å²) in [6, 6.07) is 7.33. The van der Waals surface area contributed by atoms with E-state index in [9.17, 15) is 9.59 Å². The Labute approximate surface area is 151 Å². The Morgan fingerprint density at radius 3 is 2.96 bits per heavy atom. The zero-order valence-corrected chi connectivity index (χ0v) is 15.7. The monoisotopic (exact) mass is 357 g/mol. The Morgan fingerprint density at radius 2 is 2.20 bits per heavy atom. The maximum atomic E-state index is 12.5. The molecule has 0 aliphatic carbocycles.